The van der Waals surface area contributed by atoms with Gasteiger partial charge in [-0.15, -0.1) is 0 Å². The van der Waals surface area contributed by atoms with Gasteiger partial charge >= 0.3 is 0 Å². The SMILES string of the molecule is Cn1nc(CC(N)C2(C)CCCCC2)c2ccccc21. The number of benzene rings is 1. The molecule has 1 heterocycles. The Morgan fingerprint density at radius 2 is 1.95 bits per heavy atom. The van der Waals surface area contributed by atoms with E-state index < -0.39 is 0 Å². The first-order valence-corrected chi connectivity index (χ1v) is 7.76. The van der Waals surface area contributed by atoms with Crippen LogP contribution >= 0.6 is 0 Å². The van der Waals surface area contributed by atoms with Crippen LogP contribution in [0.5, 0.6) is 0 Å². The number of aromatic nitrogens is 2. The molecule has 1 atom stereocenters. The number of nitrogens with zero attached hydrogens (tertiary/aromatic N) is 2. The summed E-state index contributed by atoms with van der Waals surface area (Å²) in [7, 11) is 2.01. The molecule has 3 heteroatoms. The van der Waals surface area contributed by atoms with Gasteiger partial charge in [-0.1, -0.05) is 44.4 Å². The Bertz CT molecular complexity index is 593. The normalized spacial score (nSPS) is 20.1. The van der Waals surface area contributed by atoms with E-state index >= 15 is 0 Å². The highest BCUT2D eigenvalue weighted by Crippen LogP contribution is 2.39. The molecule has 2 aromatic rings. The highest BCUT2D eigenvalue weighted by Gasteiger charge is 2.33. The van der Waals surface area contributed by atoms with Crippen LogP contribution in [-0.2, 0) is 13.5 Å². The predicted molar refractivity (Wildman–Crippen MR) is 83.6 cm³/mol. The molecule has 0 amide bonds. The van der Waals surface area contributed by atoms with Crippen molar-refractivity contribution in [1.29, 1.82) is 0 Å². The van der Waals surface area contributed by atoms with E-state index in [1.54, 1.807) is 0 Å². The van der Waals surface area contributed by atoms with E-state index in [0.717, 1.165) is 12.1 Å². The fourth-order valence-corrected chi connectivity index (χ4v) is 3.62. The van der Waals surface area contributed by atoms with Crippen molar-refractivity contribution in [3.8, 4) is 0 Å². The molecular weight excluding hydrogens is 246 g/mol. The average molecular weight is 271 g/mol. The van der Waals surface area contributed by atoms with Crippen LogP contribution in [0.3, 0.4) is 0 Å². The summed E-state index contributed by atoms with van der Waals surface area (Å²) in [6.07, 6.45) is 7.44. The van der Waals surface area contributed by atoms with Crippen molar-refractivity contribution < 1.29 is 0 Å². The molecule has 1 aliphatic carbocycles. The summed E-state index contributed by atoms with van der Waals surface area (Å²) >= 11 is 0. The van der Waals surface area contributed by atoms with Crippen LogP contribution in [0.15, 0.2) is 24.3 Å². The van der Waals surface area contributed by atoms with Crippen LogP contribution in [0.4, 0.5) is 0 Å². The predicted octanol–water partition coefficient (Wildman–Crippen LogP) is 3.41. The molecular formula is C17H25N3. The number of rotatable bonds is 3. The summed E-state index contributed by atoms with van der Waals surface area (Å²) in [6.45, 7) is 2.36. The fraction of sp³-hybridized carbons (Fsp3) is 0.588. The van der Waals surface area contributed by atoms with Gasteiger partial charge in [-0.05, 0) is 24.3 Å². The van der Waals surface area contributed by atoms with Gasteiger partial charge in [0.15, 0.2) is 0 Å². The minimum Gasteiger partial charge on any atom is -0.327 e. The molecule has 1 aromatic heterocycles. The second-order valence-electron chi connectivity index (χ2n) is 6.61. The number of nitrogens with two attached hydrogens (primary N) is 1. The zero-order valence-corrected chi connectivity index (χ0v) is 12.6. The van der Waals surface area contributed by atoms with Gasteiger partial charge in [0.1, 0.15) is 0 Å². The molecule has 0 bridgehead atoms. The van der Waals surface area contributed by atoms with Crippen LogP contribution in [0.25, 0.3) is 10.9 Å². The third kappa shape index (κ3) is 2.35. The maximum Gasteiger partial charge on any atom is 0.0718 e. The quantitative estimate of drug-likeness (QED) is 0.929. The van der Waals surface area contributed by atoms with Crippen molar-refractivity contribution in [1.82, 2.24) is 9.78 Å². The third-order valence-electron chi connectivity index (χ3n) is 5.14. The lowest BCUT2D eigenvalue weighted by atomic mass is 9.69. The first-order chi connectivity index (χ1) is 9.60. The third-order valence-corrected chi connectivity index (χ3v) is 5.14. The van der Waals surface area contributed by atoms with Crippen LogP contribution in [0.2, 0.25) is 0 Å². The maximum absolute atomic E-state index is 6.57. The van der Waals surface area contributed by atoms with E-state index in [-0.39, 0.29) is 11.5 Å². The molecule has 108 valence electrons. The Morgan fingerprint density at radius 3 is 2.70 bits per heavy atom. The largest absolute Gasteiger partial charge is 0.327 e. The van der Waals surface area contributed by atoms with E-state index in [2.05, 4.69) is 31.2 Å². The fourth-order valence-electron chi connectivity index (χ4n) is 3.62. The molecule has 0 saturated heterocycles. The zero-order chi connectivity index (χ0) is 14.2. The standard InChI is InChI=1S/C17H25N3/c1-17(10-6-3-7-11-17)16(18)12-14-13-8-4-5-9-15(13)20(2)19-14/h4-5,8-9,16H,3,6-7,10-12,18H2,1-2H3. The molecule has 1 saturated carbocycles. The van der Waals surface area contributed by atoms with E-state index in [4.69, 9.17) is 10.8 Å². The Labute approximate surface area is 121 Å². The van der Waals surface area contributed by atoms with E-state index in [1.807, 2.05) is 11.7 Å². The Balaban J connectivity index is 1.85. The highest BCUT2D eigenvalue weighted by atomic mass is 15.3. The minimum absolute atomic E-state index is 0.209. The van der Waals surface area contributed by atoms with Crippen molar-refractivity contribution in [3.63, 3.8) is 0 Å². The molecule has 0 spiro atoms. The Hall–Kier alpha value is -1.35. The molecule has 1 fully saturated rings. The van der Waals surface area contributed by atoms with Crippen molar-refractivity contribution >= 4 is 10.9 Å². The average Bonchev–Trinajstić information content (AvgIpc) is 2.77. The molecule has 3 rings (SSSR count). The van der Waals surface area contributed by atoms with E-state index in [9.17, 15) is 0 Å². The molecule has 1 aliphatic rings. The molecule has 2 N–H and O–H groups in total. The van der Waals surface area contributed by atoms with Crippen LogP contribution in [0.1, 0.15) is 44.7 Å². The summed E-state index contributed by atoms with van der Waals surface area (Å²) < 4.78 is 1.97. The number of hydrogen-bond acceptors (Lipinski definition) is 2. The lowest BCUT2D eigenvalue weighted by Gasteiger charge is -2.38. The molecule has 0 aliphatic heterocycles. The highest BCUT2D eigenvalue weighted by molar-refractivity contribution is 5.81. The monoisotopic (exact) mass is 271 g/mol. The first kappa shape index (κ1) is 13.6. The second kappa shape index (κ2) is 5.21. The maximum atomic E-state index is 6.57. The van der Waals surface area contributed by atoms with E-state index in [0.29, 0.717) is 0 Å². The van der Waals surface area contributed by atoms with Crippen molar-refractivity contribution in [3.05, 3.63) is 30.0 Å². The van der Waals surface area contributed by atoms with Gasteiger partial charge in [0, 0.05) is 24.9 Å². The summed E-state index contributed by atoms with van der Waals surface area (Å²) in [5, 5.41) is 5.95. The van der Waals surface area contributed by atoms with Gasteiger partial charge in [-0.2, -0.15) is 5.10 Å². The van der Waals surface area contributed by atoms with Gasteiger partial charge in [-0.25, -0.2) is 0 Å². The minimum atomic E-state index is 0.209. The smallest absolute Gasteiger partial charge is 0.0718 e. The van der Waals surface area contributed by atoms with Crippen LogP contribution < -0.4 is 5.73 Å². The summed E-state index contributed by atoms with van der Waals surface area (Å²) in [5.41, 5.74) is 9.21. The summed E-state index contributed by atoms with van der Waals surface area (Å²) in [5.74, 6) is 0. The number of para-hydroxylation sites is 1. The van der Waals surface area contributed by atoms with Crippen molar-refractivity contribution in [2.24, 2.45) is 18.2 Å². The lowest BCUT2D eigenvalue weighted by molar-refractivity contribution is 0.168. The van der Waals surface area contributed by atoms with Gasteiger partial charge < -0.3 is 5.73 Å². The van der Waals surface area contributed by atoms with Crippen LogP contribution in [0, 0.1) is 5.41 Å². The topological polar surface area (TPSA) is 43.8 Å². The summed E-state index contributed by atoms with van der Waals surface area (Å²) in [6, 6.07) is 8.64. The molecule has 1 unspecified atom stereocenters. The van der Waals surface area contributed by atoms with Gasteiger partial charge in [0.2, 0.25) is 0 Å². The summed E-state index contributed by atoms with van der Waals surface area (Å²) in [4.78, 5) is 0. The molecule has 1 aromatic carbocycles. The van der Waals surface area contributed by atoms with E-state index in [1.165, 1.54) is 43.0 Å². The molecule has 0 radical (unpaired) electrons. The number of aryl methyl sites for hydroxylation is 1. The second-order valence-corrected chi connectivity index (χ2v) is 6.61. The number of fused-ring (bicyclic) bond motifs is 1. The number of hydrogen-bond donors (Lipinski definition) is 1. The first-order valence-electron chi connectivity index (χ1n) is 7.76. The van der Waals surface area contributed by atoms with Gasteiger partial charge in [0.25, 0.3) is 0 Å². The van der Waals surface area contributed by atoms with Crippen molar-refractivity contribution in [2.45, 2.75) is 51.5 Å². The Morgan fingerprint density at radius 1 is 1.25 bits per heavy atom. The van der Waals surface area contributed by atoms with Crippen molar-refractivity contribution in [2.75, 3.05) is 0 Å². The lowest BCUT2D eigenvalue weighted by Crippen LogP contribution is -2.42. The Kier molecular flexibility index (Phi) is 3.55. The van der Waals surface area contributed by atoms with Gasteiger partial charge in [-0.3, -0.25) is 4.68 Å². The molecule has 20 heavy (non-hydrogen) atoms. The zero-order valence-electron chi connectivity index (χ0n) is 12.6. The molecule has 3 nitrogen and oxygen atoms in total. The van der Waals surface area contributed by atoms with Crippen LogP contribution in [-0.4, -0.2) is 15.8 Å². The van der Waals surface area contributed by atoms with Gasteiger partial charge in [0.05, 0.1) is 11.2 Å².